The number of aromatic amines is 1. The van der Waals surface area contributed by atoms with Crippen molar-refractivity contribution in [3.63, 3.8) is 0 Å². The molecule has 0 radical (unpaired) electrons. The van der Waals surface area contributed by atoms with Gasteiger partial charge in [0.25, 0.3) is 15.9 Å². The van der Waals surface area contributed by atoms with Crippen LogP contribution in [0.25, 0.3) is 10.9 Å². The summed E-state index contributed by atoms with van der Waals surface area (Å²) in [5.41, 5.74) is 1.60. The Morgan fingerprint density at radius 3 is 2.62 bits per heavy atom. The minimum absolute atomic E-state index is 0.133. The minimum Gasteiger partial charge on any atom is -0.345 e. The van der Waals surface area contributed by atoms with Crippen molar-refractivity contribution in [3.05, 3.63) is 44.9 Å². The van der Waals surface area contributed by atoms with Gasteiger partial charge in [-0.15, -0.1) is 11.3 Å². The lowest BCUT2D eigenvalue weighted by Gasteiger charge is -2.33. The number of piperazine rings is 1. The van der Waals surface area contributed by atoms with Gasteiger partial charge in [-0.05, 0) is 51.7 Å². The lowest BCUT2D eigenvalue weighted by atomic mass is 10.2. The summed E-state index contributed by atoms with van der Waals surface area (Å²) in [6, 6.07) is 6.80. The van der Waals surface area contributed by atoms with Crippen LogP contribution in [0.5, 0.6) is 0 Å². The van der Waals surface area contributed by atoms with Gasteiger partial charge in [0.2, 0.25) is 0 Å². The first kappa shape index (κ1) is 23.2. The lowest BCUT2D eigenvalue weighted by molar-refractivity contribution is 0.0697. The number of carbonyl (C=O) groups is 1. The molecule has 0 bridgehead atoms. The van der Waals surface area contributed by atoms with Gasteiger partial charge in [-0.25, -0.2) is 13.4 Å². The Kier molecular flexibility index (Phi) is 6.60. The maximum Gasteiger partial charge on any atom is 0.282 e. The Morgan fingerprint density at radius 2 is 1.94 bits per heavy atom. The maximum absolute atomic E-state index is 13.1. The zero-order valence-corrected chi connectivity index (χ0v) is 20.6. The largest absolute Gasteiger partial charge is 0.345 e. The highest BCUT2D eigenvalue weighted by molar-refractivity contribution is 7.89. The highest BCUT2D eigenvalue weighted by Crippen LogP contribution is 2.26. The van der Waals surface area contributed by atoms with Crippen molar-refractivity contribution in [2.75, 3.05) is 46.8 Å². The number of aryl methyl sites for hydroxylation is 1. The fourth-order valence-corrected chi connectivity index (χ4v) is 6.33. The van der Waals surface area contributed by atoms with Gasteiger partial charge in [0.15, 0.2) is 5.01 Å². The molecule has 1 aliphatic rings. The molecule has 11 heteroatoms. The molecule has 0 spiro atoms. The third-order valence-corrected chi connectivity index (χ3v) is 8.82. The van der Waals surface area contributed by atoms with Crippen LogP contribution in [0.1, 0.15) is 20.4 Å². The number of hydrogen-bond donors (Lipinski definition) is 1. The molecule has 0 unspecified atom stereocenters. The number of amides is 1. The summed E-state index contributed by atoms with van der Waals surface area (Å²) in [4.78, 5) is 25.3. The number of halogens is 1. The second-order valence-electron chi connectivity index (χ2n) is 8.14. The molecule has 0 saturated carbocycles. The molecule has 1 N–H and O–H groups in total. The number of sulfonamides is 1. The maximum atomic E-state index is 13.1. The number of H-pyrrole nitrogens is 1. The number of nitrogens with one attached hydrogen (secondary N) is 1. The monoisotopic (exact) mass is 495 g/mol. The van der Waals surface area contributed by atoms with Gasteiger partial charge in [0.05, 0.1) is 5.69 Å². The molecule has 1 aromatic carbocycles. The molecule has 32 heavy (non-hydrogen) atoms. The van der Waals surface area contributed by atoms with E-state index in [4.69, 9.17) is 11.6 Å². The number of fused-ring (bicyclic) bond motifs is 1. The summed E-state index contributed by atoms with van der Waals surface area (Å²) >= 11 is 7.45. The average molecular weight is 496 g/mol. The van der Waals surface area contributed by atoms with Crippen molar-refractivity contribution in [2.45, 2.75) is 18.4 Å². The molecule has 8 nitrogen and oxygen atoms in total. The van der Waals surface area contributed by atoms with Crippen LogP contribution >= 0.6 is 22.9 Å². The van der Waals surface area contributed by atoms with Crippen molar-refractivity contribution in [2.24, 2.45) is 0 Å². The molecular formula is C21H26ClN5O3S2. The zero-order chi connectivity index (χ0) is 23.0. The first-order valence-corrected chi connectivity index (χ1v) is 13.0. The molecule has 0 atom stereocenters. The number of aromatic nitrogens is 2. The second-order valence-corrected chi connectivity index (χ2v) is 11.6. The molecule has 3 aromatic rings. The van der Waals surface area contributed by atoms with E-state index in [1.54, 1.807) is 29.2 Å². The number of likely N-dealkylation sites (N-methyl/N-ethyl adjacent to an activating group) is 1. The van der Waals surface area contributed by atoms with Gasteiger partial charge in [0.1, 0.15) is 5.03 Å². The third kappa shape index (κ3) is 4.69. The van der Waals surface area contributed by atoms with E-state index in [1.807, 2.05) is 21.0 Å². The second kappa shape index (κ2) is 9.11. The molecule has 1 amide bonds. The Balaban J connectivity index is 1.43. The predicted octanol–water partition coefficient (Wildman–Crippen LogP) is 2.84. The van der Waals surface area contributed by atoms with Crippen LogP contribution in [-0.4, -0.2) is 85.2 Å². The van der Waals surface area contributed by atoms with Crippen LogP contribution < -0.4 is 0 Å². The van der Waals surface area contributed by atoms with Crippen LogP contribution in [0, 0.1) is 6.92 Å². The number of hydrogen-bond acceptors (Lipinski definition) is 6. The van der Waals surface area contributed by atoms with Crippen molar-refractivity contribution in [3.8, 4) is 0 Å². The normalized spacial score (nSPS) is 15.7. The van der Waals surface area contributed by atoms with E-state index in [0.717, 1.165) is 28.9 Å². The zero-order valence-electron chi connectivity index (χ0n) is 18.3. The Labute approximate surface area is 196 Å². The van der Waals surface area contributed by atoms with E-state index >= 15 is 0 Å². The van der Waals surface area contributed by atoms with Crippen LogP contribution in [0.3, 0.4) is 0 Å². The fraction of sp³-hybridized carbons (Fsp3) is 0.429. The molecule has 1 aliphatic heterocycles. The number of rotatable bonds is 6. The van der Waals surface area contributed by atoms with Crippen molar-refractivity contribution >= 4 is 49.8 Å². The SMILES string of the molecule is Cc1nc(C(=O)N2CCN(S(=O)(=O)c3cc4cc(Cl)ccc4[nH]3)CC2)sc1CCN(C)C. The fourth-order valence-electron chi connectivity index (χ4n) is 3.70. The third-order valence-electron chi connectivity index (χ3n) is 5.56. The molecule has 3 heterocycles. The topological polar surface area (TPSA) is 89.6 Å². The van der Waals surface area contributed by atoms with E-state index in [0.29, 0.717) is 28.6 Å². The minimum atomic E-state index is -3.69. The highest BCUT2D eigenvalue weighted by Gasteiger charge is 2.32. The van der Waals surface area contributed by atoms with Gasteiger partial charge in [0, 0.05) is 53.5 Å². The van der Waals surface area contributed by atoms with Crippen molar-refractivity contribution < 1.29 is 13.2 Å². The number of nitrogens with zero attached hydrogens (tertiary/aromatic N) is 4. The predicted molar refractivity (Wildman–Crippen MR) is 127 cm³/mol. The van der Waals surface area contributed by atoms with E-state index < -0.39 is 10.0 Å². The summed E-state index contributed by atoms with van der Waals surface area (Å²) in [6.45, 7) is 3.96. The summed E-state index contributed by atoms with van der Waals surface area (Å²) < 4.78 is 27.6. The lowest BCUT2D eigenvalue weighted by Crippen LogP contribution is -2.50. The van der Waals surface area contributed by atoms with E-state index in [1.165, 1.54) is 15.6 Å². The molecule has 4 rings (SSSR count). The molecule has 1 saturated heterocycles. The van der Waals surface area contributed by atoms with Gasteiger partial charge in [-0.2, -0.15) is 4.31 Å². The van der Waals surface area contributed by atoms with Crippen LogP contribution in [0.4, 0.5) is 0 Å². The van der Waals surface area contributed by atoms with Crippen LogP contribution in [-0.2, 0) is 16.4 Å². The molecule has 0 aliphatic carbocycles. The Hall–Kier alpha value is -1.98. The number of thiazole rings is 1. The van der Waals surface area contributed by atoms with Crippen LogP contribution in [0.2, 0.25) is 5.02 Å². The van der Waals surface area contributed by atoms with Gasteiger partial charge in [-0.1, -0.05) is 11.6 Å². The van der Waals surface area contributed by atoms with E-state index in [9.17, 15) is 13.2 Å². The number of carbonyl (C=O) groups excluding carboxylic acids is 1. The Bertz CT molecular complexity index is 1240. The first-order chi connectivity index (χ1) is 15.1. The smallest absolute Gasteiger partial charge is 0.282 e. The molecular weight excluding hydrogens is 470 g/mol. The standard InChI is InChI=1S/C21H26ClN5O3S2/c1-14-18(6-7-25(2)3)31-20(23-14)21(28)26-8-10-27(11-9-26)32(29,30)19-13-15-12-16(22)4-5-17(15)24-19/h4-5,12-13,24H,6-11H2,1-3H3. The molecule has 2 aromatic heterocycles. The van der Waals surface area contributed by atoms with Crippen molar-refractivity contribution in [1.29, 1.82) is 0 Å². The first-order valence-electron chi connectivity index (χ1n) is 10.3. The quantitative estimate of drug-likeness (QED) is 0.568. The highest BCUT2D eigenvalue weighted by atomic mass is 35.5. The average Bonchev–Trinajstić information content (AvgIpc) is 3.35. The Morgan fingerprint density at radius 1 is 1.22 bits per heavy atom. The summed E-state index contributed by atoms with van der Waals surface area (Å²) in [5.74, 6) is -0.133. The summed E-state index contributed by atoms with van der Waals surface area (Å²) in [7, 11) is 0.340. The van der Waals surface area contributed by atoms with E-state index in [-0.39, 0.29) is 24.0 Å². The van der Waals surface area contributed by atoms with Gasteiger partial charge in [-0.3, -0.25) is 4.79 Å². The van der Waals surface area contributed by atoms with Gasteiger partial charge >= 0.3 is 0 Å². The molecule has 1 fully saturated rings. The van der Waals surface area contributed by atoms with Crippen molar-refractivity contribution in [1.82, 2.24) is 24.1 Å². The number of benzene rings is 1. The van der Waals surface area contributed by atoms with Gasteiger partial charge < -0.3 is 14.8 Å². The summed E-state index contributed by atoms with van der Waals surface area (Å²) in [6.07, 6.45) is 0.853. The molecule has 172 valence electrons. The summed E-state index contributed by atoms with van der Waals surface area (Å²) in [5, 5.41) is 1.90. The van der Waals surface area contributed by atoms with E-state index in [2.05, 4.69) is 14.9 Å². The van der Waals surface area contributed by atoms with Crippen LogP contribution in [0.15, 0.2) is 29.3 Å².